The summed E-state index contributed by atoms with van der Waals surface area (Å²) in [6.45, 7) is 0.860. The van der Waals surface area contributed by atoms with Gasteiger partial charge in [-0.15, -0.1) is 0 Å². The van der Waals surface area contributed by atoms with Crippen molar-refractivity contribution in [2.75, 3.05) is 13.7 Å². The molecular formula is C32H28F9NO4. The van der Waals surface area contributed by atoms with Gasteiger partial charge in [-0.05, 0) is 66.3 Å². The minimum absolute atomic E-state index is 0.0358. The van der Waals surface area contributed by atoms with E-state index < -0.39 is 76.7 Å². The lowest BCUT2D eigenvalue weighted by atomic mass is 9.90. The van der Waals surface area contributed by atoms with Crippen LogP contribution < -0.4 is 4.74 Å². The van der Waals surface area contributed by atoms with Crippen molar-refractivity contribution >= 4 is 6.09 Å². The zero-order valence-electron chi connectivity index (χ0n) is 24.4. The minimum Gasteiger partial charge on any atom is -0.496 e. The third-order valence-electron chi connectivity index (χ3n) is 8.59. The van der Waals surface area contributed by atoms with Crippen LogP contribution >= 0.6 is 0 Å². The van der Waals surface area contributed by atoms with Crippen molar-refractivity contribution in [1.29, 1.82) is 0 Å². The molecule has 0 aromatic heterocycles. The molecule has 1 amide bonds. The number of halogens is 9. The molecular weight excluding hydrogens is 633 g/mol. The maximum atomic E-state index is 14.1. The molecule has 2 fully saturated rings. The molecule has 14 heteroatoms. The highest BCUT2D eigenvalue weighted by Crippen LogP contribution is 2.49. The lowest BCUT2D eigenvalue weighted by Gasteiger charge is -2.38. The first-order valence-corrected chi connectivity index (χ1v) is 14.1. The Morgan fingerprint density at radius 2 is 1.54 bits per heavy atom. The molecule has 1 saturated carbocycles. The average Bonchev–Trinajstić information content (AvgIpc) is 3.78. The van der Waals surface area contributed by atoms with E-state index in [4.69, 9.17) is 9.47 Å². The van der Waals surface area contributed by atoms with Gasteiger partial charge >= 0.3 is 24.6 Å². The summed E-state index contributed by atoms with van der Waals surface area (Å²) in [5.41, 5.74) is -3.71. The maximum absolute atomic E-state index is 14.1. The molecule has 1 aliphatic heterocycles. The Morgan fingerprint density at radius 3 is 2.04 bits per heavy atom. The zero-order valence-corrected chi connectivity index (χ0v) is 24.4. The first-order valence-electron chi connectivity index (χ1n) is 14.1. The van der Waals surface area contributed by atoms with Gasteiger partial charge in [0.2, 0.25) is 0 Å². The number of amides is 1. The van der Waals surface area contributed by atoms with Gasteiger partial charge in [-0.3, -0.25) is 0 Å². The number of aliphatic hydroxyl groups excluding tert-OH is 1. The summed E-state index contributed by atoms with van der Waals surface area (Å²) < 4.78 is 133. The van der Waals surface area contributed by atoms with E-state index in [9.17, 15) is 49.4 Å². The fourth-order valence-corrected chi connectivity index (χ4v) is 5.83. The summed E-state index contributed by atoms with van der Waals surface area (Å²) in [5.74, 6) is -0.562. The molecule has 1 heterocycles. The topological polar surface area (TPSA) is 59.0 Å². The lowest BCUT2D eigenvalue weighted by Crippen LogP contribution is -2.44. The maximum Gasteiger partial charge on any atom is 0.419 e. The van der Waals surface area contributed by atoms with Crippen molar-refractivity contribution in [2.45, 2.75) is 68.8 Å². The van der Waals surface area contributed by atoms with Gasteiger partial charge in [0.25, 0.3) is 0 Å². The van der Waals surface area contributed by atoms with Crippen molar-refractivity contribution in [1.82, 2.24) is 4.90 Å². The van der Waals surface area contributed by atoms with Crippen LogP contribution in [0.3, 0.4) is 0 Å². The summed E-state index contributed by atoms with van der Waals surface area (Å²) in [7, 11) is 1.04. The van der Waals surface area contributed by atoms with Gasteiger partial charge in [0.15, 0.2) is 0 Å². The third kappa shape index (κ3) is 6.49. The highest BCUT2D eigenvalue weighted by molar-refractivity contribution is 5.75. The number of carbonyl (C=O) groups excluding carboxylic acids is 1. The smallest absolute Gasteiger partial charge is 0.419 e. The quantitative estimate of drug-likeness (QED) is 0.257. The second kappa shape index (κ2) is 11.7. The molecule has 5 rings (SSSR count). The number of alkyl halides is 9. The summed E-state index contributed by atoms with van der Waals surface area (Å²) in [4.78, 5) is 14.3. The van der Waals surface area contributed by atoms with Crippen LogP contribution in [0.25, 0.3) is 11.1 Å². The Kier molecular flexibility index (Phi) is 8.50. The average molecular weight is 662 g/mol. The molecule has 5 nitrogen and oxygen atoms in total. The Hall–Kier alpha value is -3.94. The van der Waals surface area contributed by atoms with E-state index in [1.165, 1.54) is 13.0 Å². The predicted octanol–water partition coefficient (Wildman–Crippen LogP) is 8.91. The van der Waals surface area contributed by atoms with Crippen LogP contribution in [0.4, 0.5) is 44.3 Å². The van der Waals surface area contributed by atoms with E-state index in [1.54, 1.807) is 24.3 Å². The van der Waals surface area contributed by atoms with E-state index in [0.29, 0.717) is 17.7 Å². The minimum atomic E-state index is -5.11. The van der Waals surface area contributed by atoms with Crippen molar-refractivity contribution in [3.05, 3.63) is 88.0 Å². The van der Waals surface area contributed by atoms with Gasteiger partial charge in [-0.1, -0.05) is 30.3 Å². The number of nitrogens with zero attached hydrogens (tertiary/aromatic N) is 1. The molecule has 3 aromatic rings. The number of hydrogen-bond acceptors (Lipinski definition) is 4. The van der Waals surface area contributed by atoms with Crippen molar-refractivity contribution in [2.24, 2.45) is 0 Å². The number of methoxy groups -OCH3 is 1. The summed E-state index contributed by atoms with van der Waals surface area (Å²) in [5, 5.41) is 9.91. The van der Waals surface area contributed by atoms with Gasteiger partial charge in [0, 0.05) is 23.4 Å². The van der Waals surface area contributed by atoms with Crippen LogP contribution in [0.15, 0.2) is 54.6 Å². The Balaban J connectivity index is 1.53. The number of ether oxygens (including phenoxy) is 2. The van der Waals surface area contributed by atoms with Crippen LogP contribution in [0, 0.1) is 0 Å². The predicted molar refractivity (Wildman–Crippen MR) is 147 cm³/mol. The molecule has 2 atom stereocenters. The van der Waals surface area contributed by atoms with E-state index in [0.717, 1.165) is 36.5 Å². The van der Waals surface area contributed by atoms with E-state index in [1.807, 2.05) is 0 Å². The molecule has 3 aromatic carbocycles. The highest BCUT2D eigenvalue weighted by atomic mass is 19.4. The standard InChI is InChI=1S/C32H28F9NO4/c1-17-10-26(19-12-21(30(33,34)35)14-22(13-19)31(36,37)38)46-28(44)42(17)15-24-23(6-7-25(27(24)45-2)32(39,40)41)18-4-3-5-20(11-18)29(16-43)8-9-29/h3-7,11-14,17,26,43H,8-10,15-16H2,1-2H3/t17-,26-/m0/s1. The molecule has 1 N–H and O–H groups in total. The Morgan fingerprint density at radius 1 is 0.913 bits per heavy atom. The normalized spacial score (nSPS) is 20.0. The van der Waals surface area contributed by atoms with Crippen LogP contribution in [0.2, 0.25) is 0 Å². The first-order chi connectivity index (χ1) is 21.4. The SMILES string of the molecule is COc1c(C(F)(F)F)ccc(-c2cccc(C3(CO)CC3)c2)c1CN1C(=O)O[C@H](c2cc(C(F)(F)F)cc(C(F)(F)F)c2)C[C@@H]1C. The Labute approximate surface area is 257 Å². The molecule has 0 spiro atoms. The fraction of sp³-hybridized carbons (Fsp3) is 0.406. The van der Waals surface area contributed by atoms with Crippen molar-refractivity contribution in [3.63, 3.8) is 0 Å². The number of aliphatic hydroxyl groups is 1. The highest BCUT2D eigenvalue weighted by Gasteiger charge is 2.44. The molecule has 2 aliphatic rings. The number of rotatable bonds is 7. The van der Waals surface area contributed by atoms with Crippen LogP contribution in [-0.4, -0.2) is 35.9 Å². The molecule has 0 radical (unpaired) electrons. The summed E-state index contributed by atoms with van der Waals surface area (Å²) >= 11 is 0. The van der Waals surface area contributed by atoms with E-state index in [2.05, 4.69) is 0 Å². The summed E-state index contributed by atoms with van der Waals surface area (Å²) in [6, 6.07) is 9.02. The zero-order chi connectivity index (χ0) is 33.8. The second-order valence-corrected chi connectivity index (χ2v) is 11.6. The van der Waals surface area contributed by atoms with Crippen molar-refractivity contribution in [3.8, 4) is 16.9 Å². The Bertz CT molecular complexity index is 1590. The number of carbonyl (C=O) groups is 1. The van der Waals surface area contributed by atoms with Gasteiger partial charge in [0.05, 0.1) is 37.0 Å². The number of hydrogen-bond donors (Lipinski definition) is 1. The lowest BCUT2D eigenvalue weighted by molar-refractivity contribution is -0.143. The monoisotopic (exact) mass is 661 g/mol. The van der Waals surface area contributed by atoms with Gasteiger partial charge in [-0.2, -0.15) is 39.5 Å². The van der Waals surface area contributed by atoms with E-state index in [-0.39, 0.29) is 30.2 Å². The molecule has 0 unspecified atom stereocenters. The van der Waals surface area contributed by atoms with Crippen molar-refractivity contribution < 1.29 is 58.9 Å². The van der Waals surface area contributed by atoms with Gasteiger partial charge < -0.3 is 19.5 Å². The second-order valence-electron chi connectivity index (χ2n) is 11.6. The van der Waals surface area contributed by atoms with Crippen LogP contribution in [0.5, 0.6) is 5.75 Å². The number of benzene rings is 3. The molecule has 0 bridgehead atoms. The molecule has 1 aliphatic carbocycles. The van der Waals surface area contributed by atoms with Gasteiger partial charge in [0.1, 0.15) is 11.9 Å². The molecule has 46 heavy (non-hydrogen) atoms. The summed E-state index contributed by atoms with van der Waals surface area (Å²) in [6.07, 6.45) is -16.5. The third-order valence-corrected chi connectivity index (χ3v) is 8.59. The van der Waals surface area contributed by atoms with Crippen LogP contribution in [0.1, 0.15) is 65.7 Å². The van der Waals surface area contributed by atoms with E-state index >= 15 is 0 Å². The van der Waals surface area contributed by atoms with Gasteiger partial charge in [-0.25, -0.2) is 4.79 Å². The van der Waals surface area contributed by atoms with Crippen LogP contribution in [-0.2, 0) is 35.2 Å². The largest absolute Gasteiger partial charge is 0.496 e. The fourth-order valence-electron chi connectivity index (χ4n) is 5.83. The number of cyclic esters (lactones) is 1. The molecule has 1 saturated heterocycles. The molecule has 248 valence electrons. The first kappa shape index (κ1) is 33.4.